The second-order valence-electron chi connectivity index (χ2n) is 6.39. The van der Waals surface area contributed by atoms with Gasteiger partial charge in [-0.15, -0.1) is 0 Å². The molecule has 3 rings (SSSR count). The van der Waals surface area contributed by atoms with Crippen LogP contribution in [-0.2, 0) is 6.54 Å². The molecular formula is C19H24N4O. The average Bonchev–Trinajstić information content (AvgIpc) is 2.62. The lowest BCUT2D eigenvalue weighted by Crippen LogP contribution is -2.33. The molecule has 0 atom stereocenters. The molecule has 0 spiro atoms. The Morgan fingerprint density at radius 2 is 1.83 bits per heavy atom. The molecule has 126 valence electrons. The van der Waals surface area contributed by atoms with Crippen molar-refractivity contribution in [2.75, 3.05) is 25.0 Å². The first-order valence-electron chi connectivity index (χ1n) is 8.53. The lowest BCUT2D eigenvalue weighted by molar-refractivity contribution is 0.0779. The quantitative estimate of drug-likeness (QED) is 0.867. The van der Waals surface area contributed by atoms with Crippen LogP contribution in [0, 0.1) is 6.92 Å². The van der Waals surface area contributed by atoms with Crippen molar-refractivity contribution >= 4 is 11.9 Å². The zero-order valence-electron chi connectivity index (χ0n) is 14.4. The third kappa shape index (κ3) is 3.91. The highest BCUT2D eigenvalue weighted by molar-refractivity contribution is 5.92. The first kappa shape index (κ1) is 16.4. The maximum absolute atomic E-state index is 12.8. The molecule has 0 radical (unpaired) electrons. The first-order valence-corrected chi connectivity index (χ1v) is 8.53. The standard InChI is InChI=1S/C19H24N4O/c1-15-13-17(21-19(20-15)23-11-7-4-8-12-23)18(24)22(2)14-16-9-5-3-6-10-16/h3,5-6,9-10,13H,4,7-8,11-12,14H2,1-2H3. The van der Waals surface area contributed by atoms with E-state index in [-0.39, 0.29) is 5.91 Å². The minimum Gasteiger partial charge on any atom is -0.341 e. The number of rotatable bonds is 4. The Morgan fingerprint density at radius 3 is 2.54 bits per heavy atom. The topological polar surface area (TPSA) is 49.3 Å². The number of hydrogen-bond donors (Lipinski definition) is 0. The predicted octanol–water partition coefficient (Wildman–Crippen LogP) is 3.05. The van der Waals surface area contributed by atoms with Gasteiger partial charge in [0, 0.05) is 32.4 Å². The molecule has 0 N–H and O–H groups in total. The molecule has 24 heavy (non-hydrogen) atoms. The number of piperidine rings is 1. The largest absolute Gasteiger partial charge is 0.341 e. The number of nitrogens with zero attached hydrogens (tertiary/aromatic N) is 4. The number of anilines is 1. The van der Waals surface area contributed by atoms with Gasteiger partial charge in [-0.2, -0.15) is 0 Å². The summed E-state index contributed by atoms with van der Waals surface area (Å²) in [6, 6.07) is 11.8. The zero-order valence-corrected chi connectivity index (χ0v) is 14.4. The number of carbonyl (C=O) groups is 1. The molecule has 1 fully saturated rings. The number of hydrogen-bond acceptors (Lipinski definition) is 4. The summed E-state index contributed by atoms with van der Waals surface area (Å²) in [5, 5.41) is 0. The van der Waals surface area contributed by atoms with Gasteiger partial charge in [-0.05, 0) is 37.8 Å². The Morgan fingerprint density at radius 1 is 1.12 bits per heavy atom. The van der Waals surface area contributed by atoms with Crippen LogP contribution >= 0.6 is 0 Å². The molecule has 1 aromatic carbocycles. The molecule has 2 aromatic rings. The molecule has 1 saturated heterocycles. The number of amides is 1. The summed E-state index contributed by atoms with van der Waals surface area (Å²) in [7, 11) is 1.81. The van der Waals surface area contributed by atoms with E-state index in [9.17, 15) is 4.79 Å². The zero-order chi connectivity index (χ0) is 16.9. The summed E-state index contributed by atoms with van der Waals surface area (Å²) in [5.74, 6) is 0.619. The number of aryl methyl sites for hydroxylation is 1. The molecule has 1 aromatic heterocycles. The third-order valence-electron chi connectivity index (χ3n) is 4.31. The third-order valence-corrected chi connectivity index (χ3v) is 4.31. The van der Waals surface area contributed by atoms with E-state index in [1.54, 1.807) is 11.0 Å². The van der Waals surface area contributed by atoms with Crippen molar-refractivity contribution in [3.05, 3.63) is 53.3 Å². The summed E-state index contributed by atoms with van der Waals surface area (Å²) in [6.07, 6.45) is 3.58. The minimum atomic E-state index is -0.0670. The normalized spacial score (nSPS) is 14.5. The Balaban J connectivity index is 1.77. The molecule has 0 bridgehead atoms. The van der Waals surface area contributed by atoms with Crippen LogP contribution < -0.4 is 4.90 Å². The van der Waals surface area contributed by atoms with Crippen molar-refractivity contribution in [2.24, 2.45) is 0 Å². The molecule has 0 saturated carbocycles. The van der Waals surface area contributed by atoms with Crippen LogP contribution in [0.25, 0.3) is 0 Å². The van der Waals surface area contributed by atoms with Crippen molar-refractivity contribution < 1.29 is 4.79 Å². The molecule has 1 aliphatic rings. The fourth-order valence-electron chi connectivity index (χ4n) is 3.02. The van der Waals surface area contributed by atoms with Crippen molar-refractivity contribution in [1.29, 1.82) is 0 Å². The average molecular weight is 324 g/mol. The van der Waals surface area contributed by atoms with Crippen LogP contribution in [0.4, 0.5) is 5.95 Å². The van der Waals surface area contributed by atoms with Crippen molar-refractivity contribution in [1.82, 2.24) is 14.9 Å². The highest BCUT2D eigenvalue weighted by Crippen LogP contribution is 2.17. The van der Waals surface area contributed by atoms with Gasteiger partial charge < -0.3 is 9.80 Å². The van der Waals surface area contributed by atoms with Crippen LogP contribution in [0.15, 0.2) is 36.4 Å². The molecule has 5 nitrogen and oxygen atoms in total. The summed E-state index contributed by atoms with van der Waals surface area (Å²) < 4.78 is 0. The van der Waals surface area contributed by atoms with Gasteiger partial charge in [-0.25, -0.2) is 9.97 Å². The van der Waals surface area contributed by atoms with Crippen LogP contribution in [0.3, 0.4) is 0 Å². The van der Waals surface area contributed by atoms with E-state index >= 15 is 0 Å². The summed E-state index contributed by atoms with van der Waals surface area (Å²) >= 11 is 0. The highest BCUT2D eigenvalue weighted by atomic mass is 16.2. The van der Waals surface area contributed by atoms with Gasteiger partial charge in [0.05, 0.1) is 0 Å². The number of carbonyl (C=O) groups excluding carboxylic acids is 1. The van der Waals surface area contributed by atoms with Gasteiger partial charge in [0.25, 0.3) is 5.91 Å². The molecule has 5 heteroatoms. The van der Waals surface area contributed by atoms with Gasteiger partial charge in [0.15, 0.2) is 0 Å². The highest BCUT2D eigenvalue weighted by Gasteiger charge is 2.19. The Labute approximate surface area is 143 Å². The Hall–Kier alpha value is -2.43. The van der Waals surface area contributed by atoms with Gasteiger partial charge in [0.1, 0.15) is 5.69 Å². The molecule has 1 aliphatic heterocycles. The van der Waals surface area contributed by atoms with Gasteiger partial charge in [0.2, 0.25) is 5.95 Å². The number of aromatic nitrogens is 2. The number of benzene rings is 1. The van der Waals surface area contributed by atoms with E-state index in [1.807, 2.05) is 44.3 Å². The fourth-order valence-corrected chi connectivity index (χ4v) is 3.02. The van der Waals surface area contributed by atoms with Crippen LogP contribution in [0.5, 0.6) is 0 Å². The van der Waals surface area contributed by atoms with Crippen molar-refractivity contribution in [2.45, 2.75) is 32.7 Å². The van der Waals surface area contributed by atoms with Crippen LogP contribution in [0.2, 0.25) is 0 Å². The second-order valence-corrected chi connectivity index (χ2v) is 6.39. The second kappa shape index (κ2) is 7.43. The van der Waals surface area contributed by atoms with E-state index in [0.29, 0.717) is 18.2 Å². The molecule has 2 heterocycles. The van der Waals surface area contributed by atoms with E-state index < -0.39 is 0 Å². The summed E-state index contributed by atoms with van der Waals surface area (Å²) in [5.41, 5.74) is 2.42. The van der Waals surface area contributed by atoms with Gasteiger partial charge in [-0.3, -0.25) is 4.79 Å². The van der Waals surface area contributed by atoms with Crippen LogP contribution in [0.1, 0.15) is 41.0 Å². The SMILES string of the molecule is Cc1cc(C(=O)N(C)Cc2ccccc2)nc(N2CCCCC2)n1. The fraction of sp³-hybridized carbons (Fsp3) is 0.421. The van der Waals surface area contributed by atoms with Crippen molar-refractivity contribution in [3.8, 4) is 0 Å². The first-order chi connectivity index (χ1) is 11.6. The van der Waals surface area contributed by atoms with Crippen molar-refractivity contribution in [3.63, 3.8) is 0 Å². The summed E-state index contributed by atoms with van der Waals surface area (Å²) in [4.78, 5) is 25.7. The Kier molecular flexibility index (Phi) is 5.08. The lowest BCUT2D eigenvalue weighted by Gasteiger charge is -2.27. The maximum atomic E-state index is 12.8. The monoisotopic (exact) mass is 324 g/mol. The predicted molar refractivity (Wildman–Crippen MR) is 95.1 cm³/mol. The van der Waals surface area contributed by atoms with E-state index in [0.717, 1.165) is 37.2 Å². The Bertz CT molecular complexity index is 696. The van der Waals surface area contributed by atoms with Crippen LogP contribution in [-0.4, -0.2) is 40.9 Å². The molecule has 0 aliphatic carbocycles. The van der Waals surface area contributed by atoms with E-state index in [1.165, 1.54) is 6.42 Å². The van der Waals surface area contributed by atoms with Gasteiger partial charge in [-0.1, -0.05) is 30.3 Å². The smallest absolute Gasteiger partial charge is 0.272 e. The maximum Gasteiger partial charge on any atom is 0.272 e. The molecule has 0 unspecified atom stereocenters. The lowest BCUT2D eigenvalue weighted by atomic mass is 10.1. The summed E-state index contributed by atoms with van der Waals surface area (Å²) in [6.45, 7) is 4.43. The molecule has 1 amide bonds. The van der Waals surface area contributed by atoms with E-state index in [4.69, 9.17) is 0 Å². The van der Waals surface area contributed by atoms with Gasteiger partial charge >= 0.3 is 0 Å². The minimum absolute atomic E-state index is 0.0670. The molecular weight excluding hydrogens is 300 g/mol. The van der Waals surface area contributed by atoms with E-state index in [2.05, 4.69) is 14.9 Å².